The van der Waals surface area contributed by atoms with Crippen LogP contribution in [0.15, 0.2) is 25.0 Å². The van der Waals surface area contributed by atoms with E-state index in [2.05, 4.69) is 13.2 Å². The fraction of sp³-hybridized carbons (Fsp3) is 0.375. The van der Waals surface area contributed by atoms with Gasteiger partial charge in [0.2, 0.25) is 0 Å². The normalized spacial score (nSPS) is 18.0. The molecule has 0 aliphatic carbocycles. The first-order valence-corrected chi connectivity index (χ1v) is 3.49. The zero-order valence-electron chi connectivity index (χ0n) is 6.38. The third-order valence-electron chi connectivity index (χ3n) is 1.50. The minimum Gasteiger partial charge on any atom is -0.415 e. The Bertz CT molecular complexity index is 198. The zero-order chi connectivity index (χ0) is 8.27. The van der Waals surface area contributed by atoms with Gasteiger partial charge in [0.1, 0.15) is 5.76 Å². The Balaban J connectivity index is 2.50. The van der Waals surface area contributed by atoms with E-state index < -0.39 is 0 Å². The summed E-state index contributed by atoms with van der Waals surface area (Å²) in [6.45, 7) is 8.33. The van der Waals surface area contributed by atoms with Crippen LogP contribution in [-0.2, 0) is 4.74 Å². The molecule has 60 valence electrons. The molecule has 0 atom stereocenters. The number of cyclic esters (lactones) is 1. The first-order chi connectivity index (χ1) is 5.24. The van der Waals surface area contributed by atoms with Crippen molar-refractivity contribution in [2.24, 2.45) is 0 Å². The molecule has 0 unspecified atom stereocenters. The van der Waals surface area contributed by atoms with Gasteiger partial charge in [-0.3, -0.25) is 0 Å². The second-order valence-electron chi connectivity index (χ2n) is 2.39. The molecular weight excluding hydrogens is 142 g/mol. The summed E-state index contributed by atoms with van der Waals surface area (Å²) in [5, 5.41) is 0. The molecule has 1 saturated heterocycles. The van der Waals surface area contributed by atoms with Crippen LogP contribution >= 0.6 is 0 Å². The molecule has 0 aromatic heterocycles. The van der Waals surface area contributed by atoms with E-state index in [1.54, 1.807) is 11.0 Å². The Morgan fingerprint density at radius 3 is 3.00 bits per heavy atom. The zero-order valence-corrected chi connectivity index (χ0v) is 6.38. The van der Waals surface area contributed by atoms with Gasteiger partial charge in [-0.25, -0.2) is 4.79 Å². The maximum Gasteiger partial charge on any atom is 0.415 e. The van der Waals surface area contributed by atoms with E-state index in [0.29, 0.717) is 18.8 Å². The molecule has 1 aliphatic rings. The molecule has 0 N–H and O–H groups in total. The van der Waals surface area contributed by atoms with Crippen LogP contribution in [0, 0.1) is 0 Å². The molecule has 1 amide bonds. The molecule has 3 heteroatoms. The number of hydrogen-bond acceptors (Lipinski definition) is 2. The highest BCUT2D eigenvalue weighted by Crippen LogP contribution is 2.12. The number of ether oxygens (including phenoxy) is 1. The van der Waals surface area contributed by atoms with Gasteiger partial charge in [0.15, 0.2) is 0 Å². The standard InChI is InChI=1S/C8H11NO2/c1-3-5-9-6-4-7(2)11-8(9)10/h3H,1-2,4-6H2. The van der Waals surface area contributed by atoms with Crippen molar-refractivity contribution in [1.82, 2.24) is 4.90 Å². The average molecular weight is 153 g/mol. The minimum absolute atomic E-state index is 0.318. The molecule has 0 aromatic carbocycles. The lowest BCUT2D eigenvalue weighted by Crippen LogP contribution is -2.36. The molecule has 0 radical (unpaired) electrons. The third-order valence-corrected chi connectivity index (χ3v) is 1.50. The monoisotopic (exact) mass is 153 g/mol. The van der Waals surface area contributed by atoms with Crippen molar-refractivity contribution in [2.75, 3.05) is 13.1 Å². The Morgan fingerprint density at radius 1 is 1.73 bits per heavy atom. The summed E-state index contributed by atoms with van der Waals surface area (Å²) in [5.74, 6) is 0.551. The van der Waals surface area contributed by atoms with Gasteiger partial charge in [-0.05, 0) is 0 Å². The molecule has 1 aliphatic heterocycles. The molecule has 0 saturated carbocycles. The van der Waals surface area contributed by atoms with E-state index in [0.717, 1.165) is 6.42 Å². The van der Waals surface area contributed by atoms with Gasteiger partial charge < -0.3 is 9.64 Å². The van der Waals surface area contributed by atoms with Crippen LogP contribution in [0.5, 0.6) is 0 Å². The highest BCUT2D eigenvalue weighted by Gasteiger charge is 2.20. The van der Waals surface area contributed by atoms with Gasteiger partial charge in [-0.1, -0.05) is 12.7 Å². The maximum absolute atomic E-state index is 11.0. The molecular formula is C8H11NO2. The summed E-state index contributed by atoms with van der Waals surface area (Å²) in [4.78, 5) is 12.6. The SMILES string of the molecule is C=CCN1CCC(=C)OC1=O. The van der Waals surface area contributed by atoms with Crippen LogP contribution in [0.4, 0.5) is 4.79 Å². The van der Waals surface area contributed by atoms with Gasteiger partial charge in [0, 0.05) is 19.5 Å². The summed E-state index contributed by atoms with van der Waals surface area (Å²) < 4.78 is 4.80. The number of carbonyl (C=O) groups excluding carboxylic acids is 1. The number of rotatable bonds is 2. The van der Waals surface area contributed by atoms with Crippen molar-refractivity contribution in [3.63, 3.8) is 0 Å². The lowest BCUT2D eigenvalue weighted by molar-refractivity contribution is 0.110. The van der Waals surface area contributed by atoms with E-state index in [9.17, 15) is 4.79 Å². The lowest BCUT2D eigenvalue weighted by atomic mass is 10.3. The van der Waals surface area contributed by atoms with Crippen LogP contribution in [0.25, 0.3) is 0 Å². The second kappa shape index (κ2) is 3.23. The van der Waals surface area contributed by atoms with Gasteiger partial charge in [-0.15, -0.1) is 6.58 Å². The van der Waals surface area contributed by atoms with Crippen LogP contribution in [0.3, 0.4) is 0 Å². The molecule has 0 aromatic rings. The number of hydrogen-bond donors (Lipinski definition) is 0. The van der Waals surface area contributed by atoms with Gasteiger partial charge in [0.05, 0.1) is 0 Å². The molecule has 1 heterocycles. The van der Waals surface area contributed by atoms with E-state index in [1.807, 2.05) is 0 Å². The van der Waals surface area contributed by atoms with E-state index in [1.165, 1.54) is 0 Å². The van der Waals surface area contributed by atoms with E-state index in [-0.39, 0.29) is 6.09 Å². The topological polar surface area (TPSA) is 29.5 Å². The summed E-state index contributed by atoms with van der Waals surface area (Å²) in [7, 11) is 0. The Labute approximate surface area is 65.9 Å². The first kappa shape index (κ1) is 7.85. The van der Waals surface area contributed by atoms with Crippen molar-refractivity contribution >= 4 is 6.09 Å². The van der Waals surface area contributed by atoms with Crippen molar-refractivity contribution in [2.45, 2.75) is 6.42 Å². The van der Waals surface area contributed by atoms with Crippen LogP contribution in [0.1, 0.15) is 6.42 Å². The smallest absolute Gasteiger partial charge is 0.415 e. The van der Waals surface area contributed by atoms with Gasteiger partial charge >= 0.3 is 6.09 Å². The van der Waals surface area contributed by atoms with Gasteiger partial charge in [0.25, 0.3) is 0 Å². The highest BCUT2D eigenvalue weighted by molar-refractivity contribution is 5.69. The third kappa shape index (κ3) is 1.83. The van der Waals surface area contributed by atoms with Crippen molar-refractivity contribution in [3.05, 3.63) is 25.0 Å². The lowest BCUT2D eigenvalue weighted by Gasteiger charge is -2.25. The minimum atomic E-state index is -0.318. The predicted octanol–water partition coefficient (Wildman–Crippen LogP) is 1.53. The van der Waals surface area contributed by atoms with E-state index in [4.69, 9.17) is 4.74 Å². The summed E-state index contributed by atoms with van der Waals surface area (Å²) >= 11 is 0. The first-order valence-electron chi connectivity index (χ1n) is 3.49. The molecule has 3 nitrogen and oxygen atoms in total. The highest BCUT2D eigenvalue weighted by atomic mass is 16.6. The molecule has 1 fully saturated rings. The summed E-state index contributed by atoms with van der Waals surface area (Å²) in [5.41, 5.74) is 0. The molecule has 0 spiro atoms. The fourth-order valence-electron chi connectivity index (χ4n) is 0.912. The largest absolute Gasteiger partial charge is 0.415 e. The van der Waals surface area contributed by atoms with Crippen LogP contribution in [-0.4, -0.2) is 24.1 Å². The number of amides is 1. The average Bonchev–Trinajstić information content (AvgIpc) is 1.95. The van der Waals surface area contributed by atoms with E-state index >= 15 is 0 Å². The fourth-order valence-corrected chi connectivity index (χ4v) is 0.912. The van der Waals surface area contributed by atoms with Crippen molar-refractivity contribution in [3.8, 4) is 0 Å². The van der Waals surface area contributed by atoms with Crippen LogP contribution < -0.4 is 0 Å². The number of carbonyl (C=O) groups is 1. The second-order valence-corrected chi connectivity index (χ2v) is 2.39. The molecule has 11 heavy (non-hydrogen) atoms. The Kier molecular flexibility index (Phi) is 2.31. The Hall–Kier alpha value is -1.25. The number of nitrogens with zero attached hydrogens (tertiary/aromatic N) is 1. The molecule has 1 rings (SSSR count). The van der Waals surface area contributed by atoms with Crippen molar-refractivity contribution in [1.29, 1.82) is 0 Å². The summed E-state index contributed by atoms with van der Waals surface area (Å²) in [6, 6.07) is 0. The van der Waals surface area contributed by atoms with Gasteiger partial charge in [-0.2, -0.15) is 0 Å². The van der Waals surface area contributed by atoms with Crippen LogP contribution in [0.2, 0.25) is 0 Å². The quantitative estimate of drug-likeness (QED) is 0.563. The molecule has 0 bridgehead atoms. The predicted molar refractivity (Wildman–Crippen MR) is 42.0 cm³/mol. The summed E-state index contributed by atoms with van der Waals surface area (Å²) in [6.07, 6.45) is 2.08. The van der Waals surface area contributed by atoms with Crippen molar-refractivity contribution < 1.29 is 9.53 Å². The Morgan fingerprint density at radius 2 is 2.45 bits per heavy atom. The maximum atomic E-state index is 11.0.